The lowest BCUT2D eigenvalue weighted by atomic mass is 10.0. The molecule has 1 aromatic rings. The fourth-order valence-electron chi connectivity index (χ4n) is 2.56. The van der Waals surface area contributed by atoms with E-state index < -0.39 is 0 Å². The van der Waals surface area contributed by atoms with Gasteiger partial charge in [-0.25, -0.2) is 0 Å². The van der Waals surface area contributed by atoms with Gasteiger partial charge < -0.3 is 15.4 Å². The molecule has 1 unspecified atom stereocenters. The molecule has 1 aliphatic rings. The number of carbonyl (C=O) groups excluding carboxylic acids is 2. The summed E-state index contributed by atoms with van der Waals surface area (Å²) in [6, 6.07) is 0.314. The van der Waals surface area contributed by atoms with Crippen LogP contribution in [0.4, 0.5) is 0 Å². The average molecular weight is 351 g/mol. The number of rotatable bonds is 8. The number of likely N-dealkylation sites (N-methyl/N-ethyl adjacent to an activating group) is 1. The van der Waals surface area contributed by atoms with Crippen molar-refractivity contribution in [1.29, 1.82) is 0 Å². The highest BCUT2D eigenvalue weighted by atomic mass is 16.5. The maximum absolute atomic E-state index is 12.2. The van der Waals surface area contributed by atoms with E-state index in [1.807, 2.05) is 32.7 Å². The van der Waals surface area contributed by atoms with E-state index in [2.05, 4.69) is 20.8 Å². The number of hydrogen-bond donors (Lipinski definition) is 3. The summed E-state index contributed by atoms with van der Waals surface area (Å²) in [5.41, 5.74) is 2.16. The molecule has 0 saturated heterocycles. The number of nitrogens with one attached hydrogen (secondary N) is 3. The number of aromatic nitrogens is 2. The minimum absolute atomic E-state index is 0.0290. The van der Waals surface area contributed by atoms with Crippen LogP contribution in [-0.4, -0.2) is 65.7 Å². The summed E-state index contributed by atoms with van der Waals surface area (Å²) in [6.45, 7) is 7.86. The van der Waals surface area contributed by atoms with E-state index in [1.165, 1.54) is 0 Å². The zero-order valence-electron chi connectivity index (χ0n) is 15.5. The molecule has 25 heavy (non-hydrogen) atoms. The summed E-state index contributed by atoms with van der Waals surface area (Å²) < 4.78 is 5.75. The molecule has 0 saturated carbocycles. The predicted molar refractivity (Wildman–Crippen MR) is 94.3 cm³/mol. The zero-order chi connectivity index (χ0) is 18.4. The van der Waals surface area contributed by atoms with E-state index in [-0.39, 0.29) is 17.9 Å². The summed E-state index contributed by atoms with van der Waals surface area (Å²) in [4.78, 5) is 26.2. The maximum Gasteiger partial charge on any atom is 0.272 e. The lowest BCUT2D eigenvalue weighted by Crippen LogP contribution is -2.42. The summed E-state index contributed by atoms with van der Waals surface area (Å²) in [5, 5.41) is 12.8. The van der Waals surface area contributed by atoms with Gasteiger partial charge in [0.15, 0.2) is 5.69 Å². The highest BCUT2D eigenvalue weighted by Crippen LogP contribution is 2.21. The van der Waals surface area contributed by atoms with Gasteiger partial charge in [-0.2, -0.15) is 5.10 Å². The first-order valence-electron chi connectivity index (χ1n) is 8.85. The molecule has 140 valence electrons. The molecule has 0 aliphatic carbocycles. The van der Waals surface area contributed by atoms with Gasteiger partial charge in [-0.05, 0) is 27.3 Å². The number of carbonyl (C=O) groups is 2. The second-order valence-electron chi connectivity index (χ2n) is 6.74. The molecule has 2 heterocycles. The minimum Gasteiger partial charge on any atom is -0.370 e. The van der Waals surface area contributed by atoms with Crippen LogP contribution < -0.4 is 10.6 Å². The van der Waals surface area contributed by atoms with Crippen LogP contribution in [0.3, 0.4) is 0 Å². The van der Waals surface area contributed by atoms with E-state index >= 15 is 0 Å². The van der Waals surface area contributed by atoms with Gasteiger partial charge >= 0.3 is 0 Å². The van der Waals surface area contributed by atoms with Crippen molar-refractivity contribution in [3.05, 3.63) is 17.0 Å². The quantitative estimate of drug-likeness (QED) is 0.631. The Balaban J connectivity index is 1.89. The molecule has 8 nitrogen and oxygen atoms in total. The SMILES string of the molecule is CCCNC(=O)c1n[nH]c2c1CC(CNC(=O)CN(C)C(C)C)OC2. The van der Waals surface area contributed by atoms with Gasteiger partial charge in [0.2, 0.25) is 5.91 Å². The number of ether oxygens (including phenoxy) is 1. The zero-order valence-corrected chi connectivity index (χ0v) is 15.5. The molecule has 1 aromatic heterocycles. The van der Waals surface area contributed by atoms with Gasteiger partial charge in [-0.3, -0.25) is 19.6 Å². The first kappa shape index (κ1) is 19.4. The Morgan fingerprint density at radius 2 is 2.16 bits per heavy atom. The van der Waals surface area contributed by atoms with E-state index in [4.69, 9.17) is 4.74 Å². The van der Waals surface area contributed by atoms with Crippen LogP contribution in [0.15, 0.2) is 0 Å². The summed E-state index contributed by atoms with van der Waals surface area (Å²) in [6.07, 6.45) is 1.28. The van der Waals surface area contributed by atoms with Gasteiger partial charge in [0.25, 0.3) is 5.91 Å². The predicted octanol–water partition coefficient (Wildman–Crippen LogP) is 0.447. The maximum atomic E-state index is 12.2. The van der Waals surface area contributed by atoms with Crippen molar-refractivity contribution in [1.82, 2.24) is 25.7 Å². The Hall–Kier alpha value is -1.93. The van der Waals surface area contributed by atoms with Crippen molar-refractivity contribution >= 4 is 11.8 Å². The van der Waals surface area contributed by atoms with Crippen LogP contribution in [0.2, 0.25) is 0 Å². The van der Waals surface area contributed by atoms with Crippen molar-refractivity contribution in [2.45, 2.75) is 52.4 Å². The van der Waals surface area contributed by atoms with Crippen molar-refractivity contribution in [3.63, 3.8) is 0 Å². The molecular formula is C17H29N5O3. The number of nitrogens with zero attached hydrogens (tertiary/aromatic N) is 2. The Morgan fingerprint density at radius 1 is 1.40 bits per heavy atom. The third-order valence-corrected chi connectivity index (χ3v) is 4.40. The van der Waals surface area contributed by atoms with E-state index in [0.717, 1.165) is 17.7 Å². The van der Waals surface area contributed by atoms with Gasteiger partial charge in [-0.1, -0.05) is 6.92 Å². The van der Waals surface area contributed by atoms with Crippen molar-refractivity contribution in [2.24, 2.45) is 0 Å². The van der Waals surface area contributed by atoms with Gasteiger partial charge in [-0.15, -0.1) is 0 Å². The fraction of sp³-hybridized carbons (Fsp3) is 0.706. The highest BCUT2D eigenvalue weighted by molar-refractivity contribution is 5.94. The second-order valence-corrected chi connectivity index (χ2v) is 6.74. The normalized spacial score (nSPS) is 16.8. The topological polar surface area (TPSA) is 99.3 Å². The Labute approximate surface area is 148 Å². The number of hydrogen-bond acceptors (Lipinski definition) is 5. The van der Waals surface area contributed by atoms with Crippen molar-refractivity contribution in [3.8, 4) is 0 Å². The third kappa shape index (κ3) is 5.27. The molecule has 3 N–H and O–H groups in total. The Kier molecular flexibility index (Phi) is 6.95. The lowest BCUT2D eigenvalue weighted by molar-refractivity contribution is -0.123. The smallest absolute Gasteiger partial charge is 0.272 e. The molecular weight excluding hydrogens is 322 g/mol. The van der Waals surface area contributed by atoms with Crippen molar-refractivity contribution < 1.29 is 14.3 Å². The molecule has 2 rings (SSSR count). The number of fused-ring (bicyclic) bond motifs is 1. The Bertz CT molecular complexity index is 599. The van der Waals surface area contributed by atoms with Crippen LogP contribution in [0.1, 0.15) is 48.9 Å². The fourth-order valence-corrected chi connectivity index (χ4v) is 2.56. The third-order valence-electron chi connectivity index (χ3n) is 4.40. The molecule has 0 spiro atoms. The average Bonchev–Trinajstić information content (AvgIpc) is 3.01. The molecule has 0 fully saturated rings. The van der Waals surface area contributed by atoms with Crippen molar-refractivity contribution in [2.75, 3.05) is 26.7 Å². The molecule has 8 heteroatoms. The summed E-state index contributed by atoms with van der Waals surface area (Å²) >= 11 is 0. The lowest BCUT2D eigenvalue weighted by Gasteiger charge is -2.24. The molecule has 0 bridgehead atoms. The monoisotopic (exact) mass is 351 g/mol. The number of aromatic amines is 1. The summed E-state index contributed by atoms with van der Waals surface area (Å²) in [7, 11) is 1.92. The standard InChI is InChI=1S/C17H29N5O3/c1-5-6-18-17(24)16-13-7-12(25-10-14(13)20-21-16)8-19-15(23)9-22(4)11(2)3/h11-12H,5-10H2,1-4H3,(H,18,24)(H,19,23)(H,20,21). The highest BCUT2D eigenvalue weighted by Gasteiger charge is 2.27. The molecule has 0 aromatic carbocycles. The van der Waals surface area contributed by atoms with E-state index in [0.29, 0.717) is 44.4 Å². The van der Waals surface area contributed by atoms with E-state index in [9.17, 15) is 9.59 Å². The second kappa shape index (κ2) is 8.96. The van der Waals surface area contributed by atoms with Crippen LogP contribution in [0.5, 0.6) is 0 Å². The number of H-pyrrole nitrogens is 1. The van der Waals surface area contributed by atoms with Crippen LogP contribution in [0, 0.1) is 0 Å². The first-order chi connectivity index (χ1) is 11.9. The first-order valence-corrected chi connectivity index (χ1v) is 8.85. The van der Waals surface area contributed by atoms with E-state index in [1.54, 1.807) is 0 Å². The minimum atomic E-state index is -0.164. The largest absolute Gasteiger partial charge is 0.370 e. The number of amides is 2. The van der Waals surface area contributed by atoms with Gasteiger partial charge in [0.05, 0.1) is 24.9 Å². The summed E-state index contributed by atoms with van der Waals surface area (Å²) in [5.74, 6) is -0.193. The van der Waals surface area contributed by atoms with Crippen LogP contribution in [0.25, 0.3) is 0 Å². The van der Waals surface area contributed by atoms with Crippen LogP contribution in [-0.2, 0) is 22.6 Å². The molecule has 0 radical (unpaired) electrons. The molecule has 2 amide bonds. The molecule has 1 atom stereocenters. The van der Waals surface area contributed by atoms with Gasteiger partial charge in [0.1, 0.15) is 0 Å². The molecule has 1 aliphatic heterocycles. The van der Waals surface area contributed by atoms with Crippen LogP contribution >= 0.6 is 0 Å². The Morgan fingerprint density at radius 3 is 2.84 bits per heavy atom. The van der Waals surface area contributed by atoms with Gasteiger partial charge in [0, 0.05) is 31.1 Å².